The molecule has 0 aliphatic carbocycles. The van der Waals surface area contributed by atoms with E-state index in [9.17, 15) is 43.2 Å². The highest BCUT2D eigenvalue weighted by Gasteiger charge is 2.36. The van der Waals surface area contributed by atoms with Crippen molar-refractivity contribution >= 4 is 53.2 Å². The summed E-state index contributed by atoms with van der Waals surface area (Å²) in [6.07, 6.45) is 19.7. The molecule has 8 amide bonds. The minimum Gasteiger partial charge on any atom is -0.480 e. The fourth-order valence-electron chi connectivity index (χ4n) is 7.11. The van der Waals surface area contributed by atoms with Crippen molar-refractivity contribution in [3.8, 4) is 0 Å². The largest absolute Gasteiger partial charge is 0.480 e. The molecule has 0 spiro atoms. The lowest BCUT2D eigenvalue weighted by Gasteiger charge is -2.27. The Morgan fingerprint density at radius 2 is 1.22 bits per heavy atom. The van der Waals surface area contributed by atoms with E-state index in [4.69, 9.17) is 5.11 Å². The lowest BCUT2D eigenvalue weighted by molar-refractivity contribution is -0.140. The molecule has 20 nitrogen and oxygen atoms in total. The van der Waals surface area contributed by atoms with Crippen molar-refractivity contribution in [1.82, 2.24) is 52.1 Å². The monoisotopic (exact) mass is 889 g/mol. The van der Waals surface area contributed by atoms with Gasteiger partial charge in [0, 0.05) is 31.3 Å². The molecule has 1 fully saturated rings. The molecule has 1 aromatic heterocycles. The second kappa shape index (κ2) is 31.3. The molecular formula is C43H72N10O10. The first-order valence-corrected chi connectivity index (χ1v) is 22.6. The number of nitrogens with one attached hydrogen (secondary N) is 8. The summed E-state index contributed by atoms with van der Waals surface area (Å²) < 4.78 is 0. The number of H-pyrrole nitrogens is 1. The number of aromatic nitrogens is 2. The number of rotatable bonds is 33. The Hall–Kier alpha value is -5.56. The fraction of sp³-hybridized carbons (Fsp3) is 0.721. The molecule has 20 heteroatoms. The van der Waals surface area contributed by atoms with Crippen molar-refractivity contribution in [2.45, 2.75) is 154 Å². The van der Waals surface area contributed by atoms with E-state index in [0.717, 1.165) is 25.7 Å². The molecule has 1 saturated heterocycles. The third-order valence-electron chi connectivity index (χ3n) is 10.5. The smallest absolute Gasteiger partial charge is 0.322 e. The number of aliphatic carboxylic acids is 1. The minimum absolute atomic E-state index is 0.0171. The van der Waals surface area contributed by atoms with Crippen LogP contribution in [0.25, 0.3) is 0 Å². The van der Waals surface area contributed by atoms with Crippen molar-refractivity contribution in [2.24, 2.45) is 5.92 Å². The summed E-state index contributed by atoms with van der Waals surface area (Å²) in [5, 5.41) is 26.2. The highest BCUT2D eigenvalue weighted by Crippen LogP contribution is 2.19. The van der Waals surface area contributed by atoms with E-state index in [1.807, 2.05) is 13.8 Å². The average molecular weight is 889 g/mol. The molecule has 1 aromatic rings. The molecule has 1 aliphatic heterocycles. The Morgan fingerprint density at radius 3 is 1.78 bits per heavy atom. The maximum absolute atomic E-state index is 13.3. The van der Waals surface area contributed by atoms with Gasteiger partial charge in [-0.15, -0.1) is 0 Å². The third kappa shape index (κ3) is 24.0. The fourth-order valence-corrected chi connectivity index (χ4v) is 7.11. The van der Waals surface area contributed by atoms with E-state index in [0.29, 0.717) is 25.0 Å². The first-order valence-electron chi connectivity index (χ1n) is 22.6. The van der Waals surface area contributed by atoms with Crippen molar-refractivity contribution in [1.29, 1.82) is 0 Å². The number of carbonyl (C=O) groups is 9. The average Bonchev–Trinajstić information content (AvgIpc) is 3.96. The quantitative estimate of drug-likeness (QED) is 0.0451. The zero-order valence-electron chi connectivity index (χ0n) is 37.5. The van der Waals surface area contributed by atoms with Crippen molar-refractivity contribution in [2.75, 3.05) is 39.3 Å². The topological polar surface area (TPSA) is 290 Å². The predicted octanol–water partition coefficient (Wildman–Crippen LogP) is 1.11. The maximum atomic E-state index is 13.3. The number of carbonyl (C=O) groups excluding carboxylic acids is 8. The van der Waals surface area contributed by atoms with Gasteiger partial charge in [-0.2, -0.15) is 0 Å². The highest BCUT2D eigenvalue weighted by atomic mass is 16.4. The zero-order chi connectivity index (χ0) is 46.4. The molecule has 354 valence electrons. The van der Waals surface area contributed by atoms with E-state index in [2.05, 4.69) is 54.1 Å². The molecule has 0 aromatic carbocycles. The van der Waals surface area contributed by atoms with E-state index in [1.54, 1.807) is 0 Å². The van der Waals surface area contributed by atoms with Gasteiger partial charge in [-0.05, 0) is 31.6 Å². The Morgan fingerprint density at radius 1 is 0.683 bits per heavy atom. The number of aromatic amines is 1. The lowest BCUT2D eigenvalue weighted by atomic mass is 10.0. The number of unbranched alkanes of at least 4 members (excludes halogenated alkanes) is 12. The number of nitrogens with zero attached hydrogens (tertiary/aromatic N) is 2. The molecule has 9 N–H and O–H groups in total. The van der Waals surface area contributed by atoms with Crippen molar-refractivity contribution < 1.29 is 48.3 Å². The number of carboxylic acid groups (broad SMARTS) is 1. The van der Waals surface area contributed by atoms with Gasteiger partial charge >= 0.3 is 5.97 Å². The number of hydrogen-bond donors (Lipinski definition) is 9. The summed E-state index contributed by atoms with van der Waals surface area (Å²) in [6.45, 7) is 3.71. The number of likely N-dealkylation sites (tertiary alicyclic amines) is 1. The van der Waals surface area contributed by atoms with Gasteiger partial charge in [0.1, 0.15) is 24.7 Å². The van der Waals surface area contributed by atoms with Crippen LogP contribution >= 0.6 is 0 Å². The third-order valence-corrected chi connectivity index (χ3v) is 10.5. The van der Waals surface area contributed by atoms with Gasteiger partial charge in [0.15, 0.2) is 0 Å². The summed E-state index contributed by atoms with van der Waals surface area (Å²) in [4.78, 5) is 121. The molecule has 63 heavy (non-hydrogen) atoms. The maximum Gasteiger partial charge on any atom is 0.322 e. The van der Waals surface area contributed by atoms with Crippen LogP contribution in [-0.4, -0.2) is 131 Å². The van der Waals surface area contributed by atoms with Crippen LogP contribution in [0.3, 0.4) is 0 Å². The number of imidazole rings is 1. The molecule has 2 rings (SSSR count). The van der Waals surface area contributed by atoms with Crippen LogP contribution in [0.1, 0.15) is 136 Å². The second-order valence-corrected chi connectivity index (χ2v) is 16.5. The van der Waals surface area contributed by atoms with Crippen molar-refractivity contribution in [3.63, 3.8) is 0 Å². The van der Waals surface area contributed by atoms with Gasteiger partial charge in [0.2, 0.25) is 47.3 Å². The van der Waals surface area contributed by atoms with Crippen molar-refractivity contribution in [3.05, 3.63) is 18.2 Å². The molecular weight excluding hydrogens is 817 g/mol. The summed E-state index contributed by atoms with van der Waals surface area (Å²) >= 11 is 0. The van der Waals surface area contributed by atoms with Gasteiger partial charge < -0.3 is 52.2 Å². The molecule has 0 unspecified atom stereocenters. The first kappa shape index (κ1) is 53.6. The van der Waals surface area contributed by atoms with Gasteiger partial charge in [0.05, 0.1) is 32.5 Å². The molecule has 0 bridgehead atoms. The standard InChI is InChI=1S/C43H72N10O10/c1-4-5-6-7-8-9-10-11-12-13-14-15-16-19-35(54)45-24-36(55)46-25-37(56)47-26-38(57)51-33(22-31-23-44-29-50-31)42(62)48-27-39(58)53-20-17-18-34(53)43(63)52-32(21-30(2)3)41(61)49-28-40(59)60/h23,29-30,32-34H,4-22,24-28H2,1-3H3,(H,44,50)(H,45,54)(H,46,55)(H,47,56)(H,48,62)(H,49,61)(H,51,57)(H,52,63)(H,59,60)/t32-,33-,34-/m0/s1. The highest BCUT2D eigenvalue weighted by molar-refractivity contribution is 5.95. The summed E-state index contributed by atoms with van der Waals surface area (Å²) in [5.74, 6) is -6.04. The van der Waals surface area contributed by atoms with E-state index < -0.39 is 91.6 Å². The van der Waals surface area contributed by atoms with Gasteiger partial charge in [-0.3, -0.25) is 43.2 Å². The SMILES string of the molecule is CCCCCCCCCCCCCCCC(=O)NCC(=O)NCC(=O)NCC(=O)N[C@@H](Cc1cnc[nH]1)C(=O)NCC(=O)N1CCC[C@H]1C(=O)N[C@@H](CC(C)C)C(=O)NCC(=O)O. The normalized spacial score (nSPS) is 14.3. The van der Waals surface area contributed by atoms with E-state index >= 15 is 0 Å². The Labute approximate surface area is 370 Å². The molecule has 0 saturated carbocycles. The van der Waals surface area contributed by atoms with Crippen LogP contribution in [0.2, 0.25) is 0 Å². The Bertz CT molecular complexity index is 1610. The first-order chi connectivity index (χ1) is 30.2. The summed E-state index contributed by atoms with van der Waals surface area (Å²) in [5.41, 5.74) is 0.490. The van der Waals surface area contributed by atoms with Crippen LogP contribution in [0.5, 0.6) is 0 Å². The van der Waals surface area contributed by atoms with Gasteiger partial charge in [-0.25, -0.2) is 4.98 Å². The summed E-state index contributed by atoms with van der Waals surface area (Å²) in [6, 6.07) is -3.15. The van der Waals surface area contributed by atoms with Crippen LogP contribution in [0.15, 0.2) is 12.5 Å². The summed E-state index contributed by atoms with van der Waals surface area (Å²) in [7, 11) is 0. The van der Waals surface area contributed by atoms with Crippen LogP contribution in [-0.2, 0) is 49.6 Å². The second-order valence-electron chi connectivity index (χ2n) is 16.5. The van der Waals surface area contributed by atoms with Gasteiger partial charge in [-0.1, -0.05) is 97.8 Å². The van der Waals surface area contributed by atoms with Crippen LogP contribution in [0.4, 0.5) is 0 Å². The van der Waals surface area contributed by atoms with E-state index in [1.165, 1.54) is 75.2 Å². The van der Waals surface area contributed by atoms with E-state index in [-0.39, 0.29) is 37.8 Å². The Balaban J connectivity index is 1.73. The number of carboxylic acids is 1. The van der Waals surface area contributed by atoms with Crippen LogP contribution in [0, 0.1) is 5.92 Å². The molecule has 2 heterocycles. The minimum atomic E-state index is -1.24. The molecule has 3 atom stereocenters. The predicted molar refractivity (Wildman–Crippen MR) is 233 cm³/mol. The lowest BCUT2D eigenvalue weighted by Crippen LogP contribution is -2.55. The molecule has 1 aliphatic rings. The van der Waals surface area contributed by atoms with Gasteiger partial charge in [0.25, 0.3) is 0 Å². The number of amides is 8. The molecule has 0 radical (unpaired) electrons. The number of hydrogen-bond acceptors (Lipinski definition) is 10. The van der Waals surface area contributed by atoms with Crippen LogP contribution < -0.4 is 37.2 Å². The Kier molecular flexibility index (Phi) is 26.6. The zero-order valence-corrected chi connectivity index (χ0v) is 37.5.